The first kappa shape index (κ1) is 15.0. The molecule has 1 heterocycles. The van der Waals surface area contributed by atoms with Gasteiger partial charge in [0.1, 0.15) is 13.2 Å². The number of fused-ring (bicyclic) bond motifs is 1. The standard InChI is InChI=1S/C16H22N2O4/c1-16(9-17,11-3-4-11)18-15(19)10-7-12(20-2)14-13(8-10)21-5-6-22-14/h7-8,11H,3-6,9,17H2,1-2H3,(H,18,19). The summed E-state index contributed by atoms with van der Waals surface area (Å²) in [5, 5.41) is 3.06. The van der Waals surface area contributed by atoms with Crippen LogP contribution in [0.3, 0.4) is 0 Å². The molecular formula is C16H22N2O4. The molecule has 1 atom stereocenters. The van der Waals surface area contributed by atoms with Crippen LogP contribution in [0.2, 0.25) is 0 Å². The van der Waals surface area contributed by atoms with Crippen molar-refractivity contribution in [2.45, 2.75) is 25.3 Å². The van der Waals surface area contributed by atoms with Crippen LogP contribution in [0, 0.1) is 5.92 Å². The monoisotopic (exact) mass is 306 g/mol. The van der Waals surface area contributed by atoms with E-state index in [9.17, 15) is 4.79 Å². The maximum Gasteiger partial charge on any atom is 0.252 e. The quantitative estimate of drug-likeness (QED) is 0.857. The lowest BCUT2D eigenvalue weighted by Crippen LogP contribution is -2.53. The molecule has 1 aliphatic heterocycles. The fourth-order valence-corrected chi connectivity index (χ4v) is 2.78. The maximum atomic E-state index is 12.6. The summed E-state index contributed by atoms with van der Waals surface area (Å²) < 4.78 is 16.4. The molecule has 1 aromatic rings. The Labute approximate surface area is 129 Å². The van der Waals surface area contributed by atoms with E-state index in [4.69, 9.17) is 19.9 Å². The topological polar surface area (TPSA) is 82.8 Å². The van der Waals surface area contributed by atoms with Crippen molar-refractivity contribution in [3.05, 3.63) is 17.7 Å². The van der Waals surface area contributed by atoms with E-state index in [-0.39, 0.29) is 11.4 Å². The first-order valence-corrected chi connectivity index (χ1v) is 7.57. The Balaban J connectivity index is 1.86. The highest BCUT2D eigenvalue weighted by atomic mass is 16.6. The number of carbonyl (C=O) groups is 1. The summed E-state index contributed by atoms with van der Waals surface area (Å²) in [5.74, 6) is 1.88. The van der Waals surface area contributed by atoms with Gasteiger partial charge in [-0.15, -0.1) is 0 Å². The molecule has 1 unspecified atom stereocenters. The molecule has 3 N–H and O–H groups in total. The summed E-state index contributed by atoms with van der Waals surface area (Å²) in [5.41, 5.74) is 5.98. The Hall–Kier alpha value is -1.95. The predicted octanol–water partition coefficient (Wildman–Crippen LogP) is 1.32. The van der Waals surface area contributed by atoms with E-state index in [1.54, 1.807) is 19.2 Å². The highest BCUT2D eigenvalue weighted by molar-refractivity contribution is 5.96. The van der Waals surface area contributed by atoms with Crippen LogP contribution in [0.4, 0.5) is 0 Å². The first-order valence-electron chi connectivity index (χ1n) is 7.57. The van der Waals surface area contributed by atoms with Crippen LogP contribution in [0.1, 0.15) is 30.1 Å². The number of benzene rings is 1. The average Bonchev–Trinajstić information content (AvgIpc) is 3.38. The lowest BCUT2D eigenvalue weighted by Gasteiger charge is -2.30. The molecule has 1 aliphatic carbocycles. The van der Waals surface area contributed by atoms with E-state index < -0.39 is 0 Å². The van der Waals surface area contributed by atoms with Crippen molar-refractivity contribution < 1.29 is 19.0 Å². The van der Waals surface area contributed by atoms with Gasteiger partial charge in [0.15, 0.2) is 11.5 Å². The SMILES string of the molecule is COc1cc(C(=O)NC(C)(CN)C2CC2)cc2c1OCCO2. The van der Waals surface area contributed by atoms with E-state index in [0.29, 0.717) is 48.5 Å². The zero-order valence-corrected chi connectivity index (χ0v) is 13.0. The lowest BCUT2D eigenvalue weighted by atomic mass is 9.95. The molecule has 120 valence electrons. The third-order valence-electron chi connectivity index (χ3n) is 4.39. The normalized spacial score (nSPS) is 19.2. The highest BCUT2D eigenvalue weighted by Crippen LogP contribution is 2.41. The van der Waals surface area contributed by atoms with Crippen LogP contribution in [0.5, 0.6) is 17.2 Å². The Morgan fingerprint density at radius 1 is 1.41 bits per heavy atom. The second-order valence-electron chi connectivity index (χ2n) is 6.05. The van der Waals surface area contributed by atoms with Gasteiger partial charge < -0.3 is 25.3 Å². The number of ether oxygens (including phenoxy) is 3. The Bertz CT molecular complexity index is 569. The van der Waals surface area contributed by atoms with Crippen LogP contribution in [0.25, 0.3) is 0 Å². The number of nitrogens with one attached hydrogen (secondary N) is 1. The van der Waals surface area contributed by atoms with Crippen LogP contribution in [0.15, 0.2) is 12.1 Å². The van der Waals surface area contributed by atoms with Crippen LogP contribution in [-0.4, -0.2) is 38.3 Å². The minimum Gasteiger partial charge on any atom is -0.493 e. The molecule has 1 saturated carbocycles. The number of carbonyl (C=O) groups excluding carboxylic acids is 1. The molecule has 6 heteroatoms. The van der Waals surface area contributed by atoms with Gasteiger partial charge in [-0.2, -0.15) is 0 Å². The molecule has 0 saturated heterocycles. The van der Waals surface area contributed by atoms with Gasteiger partial charge >= 0.3 is 0 Å². The lowest BCUT2D eigenvalue weighted by molar-refractivity contribution is 0.0896. The summed E-state index contributed by atoms with van der Waals surface area (Å²) in [6.45, 7) is 3.36. The average molecular weight is 306 g/mol. The van der Waals surface area contributed by atoms with Gasteiger partial charge in [0, 0.05) is 12.1 Å². The Morgan fingerprint density at radius 2 is 2.14 bits per heavy atom. The van der Waals surface area contributed by atoms with E-state index in [1.165, 1.54) is 0 Å². The number of nitrogens with two attached hydrogens (primary N) is 1. The third kappa shape index (κ3) is 2.70. The number of amides is 1. The largest absolute Gasteiger partial charge is 0.493 e. The molecule has 1 aromatic carbocycles. The number of hydrogen-bond donors (Lipinski definition) is 2. The van der Waals surface area contributed by atoms with Crippen LogP contribution < -0.4 is 25.3 Å². The van der Waals surface area contributed by atoms with Gasteiger partial charge in [0.05, 0.1) is 12.6 Å². The number of hydrogen-bond acceptors (Lipinski definition) is 5. The fourth-order valence-electron chi connectivity index (χ4n) is 2.78. The molecule has 2 aliphatic rings. The molecule has 3 rings (SSSR count). The van der Waals surface area contributed by atoms with Crippen molar-refractivity contribution in [2.24, 2.45) is 11.7 Å². The fraction of sp³-hybridized carbons (Fsp3) is 0.562. The molecule has 0 aromatic heterocycles. The zero-order chi connectivity index (χ0) is 15.7. The zero-order valence-electron chi connectivity index (χ0n) is 13.0. The summed E-state index contributed by atoms with van der Waals surface area (Å²) in [6.07, 6.45) is 2.22. The highest BCUT2D eigenvalue weighted by Gasteiger charge is 2.41. The summed E-state index contributed by atoms with van der Waals surface area (Å²) in [7, 11) is 1.55. The van der Waals surface area contributed by atoms with Crippen molar-refractivity contribution >= 4 is 5.91 Å². The van der Waals surface area contributed by atoms with E-state index >= 15 is 0 Å². The summed E-state index contributed by atoms with van der Waals surface area (Å²) in [4.78, 5) is 12.6. The molecular weight excluding hydrogens is 284 g/mol. The molecule has 0 spiro atoms. The first-order chi connectivity index (χ1) is 10.6. The van der Waals surface area contributed by atoms with Crippen molar-refractivity contribution in [1.29, 1.82) is 0 Å². The number of rotatable bonds is 5. The smallest absolute Gasteiger partial charge is 0.252 e. The Morgan fingerprint density at radius 3 is 2.77 bits per heavy atom. The van der Waals surface area contributed by atoms with Crippen molar-refractivity contribution in [3.63, 3.8) is 0 Å². The van der Waals surface area contributed by atoms with Crippen molar-refractivity contribution in [3.8, 4) is 17.2 Å². The second-order valence-corrected chi connectivity index (χ2v) is 6.05. The molecule has 0 bridgehead atoms. The molecule has 22 heavy (non-hydrogen) atoms. The summed E-state index contributed by atoms with van der Waals surface area (Å²) in [6, 6.07) is 3.36. The van der Waals surface area contributed by atoms with Gasteiger partial charge in [-0.05, 0) is 37.8 Å². The van der Waals surface area contributed by atoms with Gasteiger partial charge in [0.25, 0.3) is 5.91 Å². The van der Waals surface area contributed by atoms with Crippen molar-refractivity contribution in [1.82, 2.24) is 5.32 Å². The van der Waals surface area contributed by atoms with Crippen molar-refractivity contribution in [2.75, 3.05) is 26.9 Å². The number of methoxy groups -OCH3 is 1. The molecule has 0 radical (unpaired) electrons. The maximum absolute atomic E-state index is 12.6. The van der Waals surface area contributed by atoms with E-state index in [1.807, 2.05) is 6.92 Å². The van der Waals surface area contributed by atoms with Gasteiger partial charge in [-0.25, -0.2) is 0 Å². The molecule has 6 nitrogen and oxygen atoms in total. The van der Waals surface area contributed by atoms with Gasteiger partial charge in [-0.3, -0.25) is 4.79 Å². The Kier molecular flexibility index (Phi) is 3.87. The second kappa shape index (κ2) is 5.68. The predicted molar refractivity (Wildman–Crippen MR) is 81.6 cm³/mol. The minimum atomic E-state index is -0.364. The van der Waals surface area contributed by atoms with Crippen LogP contribution in [-0.2, 0) is 0 Å². The van der Waals surface area contributed by atoms with E-state index in [0.717, 1.165) is 12.8 Å². The van der Waals surface area contributed by atoms with Gasteiger partial charge in [0.2, 0.25) is 5.75 Å². The molecule has 1 amide bonds. The summed E-state index contributed by atoms with van der Waals surface area (Å²) >= 11 is 0. The van der Waals surface area contributed by atoms with Gasteiger partial charge in [-0.1, -0.05) is 0 Å². The molecule has 1 fully saturated rings. The minimum absolute atomic E-state index is 0.171. The third-order valence-corrected chi connectivity index (χ3v) is 4.39. The van der Waals surface area contributed by atoms with E-state index in [2.05, 4.69) is 5.32 Å². The van der Waals surface area contributed by atoms with Crippen LogP contribution >= 0.6 is 0 Å².